The normalized spacial score (nSPS) is 11.0. The molecule has 0 aliphatic heterocycles. The van der Waals surface area contributed by atoms with E-state index in [1.807, 2.05) is 36.2 Å². The molecule has 1 heterocycles. The van der Waals surface area contributed by atoms with Crippen molar-refractivity contribution < 1.29 is 4.52 Å². The number of aromatic nitrogens is 2. The second kappa shape index (κ2) is 8.94. The Kier molecular flexibility index (Phi) is 7.60. The van der Waals surface area contributed by atoms with Gasteiger partial charge in [0, 0.05) is 25.7 Å². The van der Waals surface area contributed by atoms with E-state index in [1.165, 1.54) is 0 Å². The van der Waals surface area contributed by atoms with Crippen LogP contribution >= 0.6 is 35.6 Å². The maximum Gasteiger partial charge on any atom is 0.246 e. The third-order valence-electron chi connectivity index (χ3n) is 2.91. The Morgan fingerprint density at radius 3 is 2.73 bits per heavy atom. The first kappa shape index (κ1) is 18.7. The lowest BCUT2D eigenvalue weighted by molar-refractivity contribution is 0.368. The predicted molar refractivity (Wildman–Crippen MR) is 97.6 cm³/mol. The Morgan fingerprint density at radius 2 is 2.14 bits per heavy atom. The SMILES string of the molecule is CN=C(NCc1nc(C)no1)N(C)Cc1ccccc1Cl.I. The standard InChI is InChI=1S/C14H18ClN5O.HI/c1-10-18-13(21-19-10)8-17-14(16-2)20(3)9-11-6-4-5-7-12(11)15;/h4-7H,8-9H2,1-3H3,(H,16,17);1H. The number of aliphatic imine (C=N–C) groups is 1. The van der Waals surface area contributed by atoms with Crippen LogP contribution in [0, 0.1) is 6.92 Å². The predicted octanol–water partition coefficient (Wildman–Crippen LogP) is 2.86. The number of aryl methyl sites for hydroxylation is 1. The summed E-state index contributed by atoms with van der Waals surface area (Å²) in [6.45, 7) is 2.87. The fourth-order valence-corrected chi connectivity index (χ4v) is 2.10. The summed E-state index contributed by atoms with van der Waals surface area (Å²) in [5.74, 6) is 1.87. The van der Waals surface area contributed by atoms with Gasteiger partial charge in [-0.15, -0.1) is 24.0 Å². The lowest BCUT2D eigenvalue weighted by atomic mass is 10.2. The molecule has 0 fully saturated rings. The molecule has 0 saturated heterocycles. The molecule has 6 nitrogen and oxygen atoms in total. The van der Waals surface area contributed by atoms with Crippen LogP contribution in [0.1, 0.15) is 17.3 Å². The van der Waals surface area contributed by atoms with Crippen molar-refractivity contribution in [2.45, 2.75) is 20.0 Å². The van der Waals surface area contributed by atoms with Gasteiger partial charge >= 0.3 is 0 Å². The van der Waals surface area contributed by atoms with Gasteiger partial charge in [0.05, 0.1) is 6.54 Å². The Morgan fingerprint density at radius 1 is 1.41 bits per heavy atom. The topological polar surface area (TPSA) is 66.5 Å². The van der Waals surface area contributed by atoms with E-state index < -0.39 is 0 Å². The molecule has 0 atom stereocenters. The molecular weight excluding hydrogens is 417 g/mol. The first-order chi connectivity index (χ1) is 10.1. The Labute approximate surface area is 152 Å². The molecule has 0 aliphatic carbocycles. The van der Waals surface area contributed by atoms with Gasteiger partial charge in [0.15, 0.2) is 11.8 Å². The molecule has 22 heavy (non-hydrogen) atoms. The largest absolute Gasteiger partial charge is 0.347 e. The minimum Gasteiger partial charge on any atom is -0.347 e. The zero-order chi connectivity index (χ0) is 15.2. The number of hydrogen-bond donors (Lipinski definition) is 1. The highest BCUT2D eigenvalue weighted by Crippen LogP contribution is 2.16. The maximum absolute atomic E-state index is 6.17. The smallest absolute Gasteiger partial charge is 0.246 e. The molecule has 0 unspecified atom stereocenters. The second-order valence-electron chi connectivity index (χ2n) is 4.58. The Hall–Kier alpha value is -1.35. The van der Waals surface area contributed by atoms with E-state index in [-0.39, 0.29) is 24.0 Å². The summed E-state index contributed by atoms with van der Waals surface area (Å²) in [6.07, 6.45) is 0. The quantitative estimate of drug-likeness (QED) is 0.454. The molecule has 1 aromatic heterocycles. The minimum atomic E-state index is 0. The van der Waals surface area contributed by atoms with Gasteiger partial charge in [0.1, 0.15) is 0 Å². The van der Waals surface area contributed by atoms with Crippen LogP contribution in [0.2, 0.25) is 5.02 Å². The number of guanidine groups is 1. The second-order valence-corrected chi connectivity index (χ2v) is 4.99. The summed E-state index contributed by atoms with van der Waals surface area (Å²) < 4.78 is 5.06. The van der Waals surface area contributed by atoms with E-state index in [2.05, 4.69) is 20.4 Å². The zero-order valence-corrected chi connectivity index (χ0v) is 15.8. The number of benzene rings is 1. The highest BCUT2D eigenvalue weighted by molar-refractivity contribution is 14.0. The van der Waals surface area contributed by atoms with E-state index in [0.29, 0.717) is 24.8 Å². The van der Waals surface area contributed by atoms with Crippen LogP contribution in [0.3, 0.4) is 0 Å². The summed E-state index contributed by atoms with van der Waals surface area (Å²) in [7, 11) is 3.67. The van der Waals surface area contributed by atoms with Gasteiger partial charge < -0.3 is 14.7 Å². The van der Waals surface area contributed by atoms with Crippen LogP contribution in [0.4, 0.5) is 0 Å². The Bertz CT molecular complexity index is 631. The van der Waals surface area contributed by atoms with Crippen LogP contribution in [-0.4, -0.2) is 35.1 Å². The highest BCUT2D eigenvalue weighted by atomic mass is 127. The molecule has 2 aromatic rings. The van der Waals surface area contributed by atoms with Crippen LogP contribution in [-0.2, 0) is 13.1 Å². The molecule has 0 aliphatic rings. The summed E-state index contributed by atoms with van der Waals surface area (Å²) in [4.78, 5) is 10.4. The first-order valence-electron chi connectivity index (χ1n) is 6.54. The van der Waals surface area contributed by atoms with Crippen LogP contribution < -0.4 is 5.32 Å². The molecule has 1 aromatic carbocycles. The number of rotatable bonds is 4. The average molecular weight is 436 g/mol. The molecule has 0 radical (unpaired) electrons. The van der Waals surface area contributed by atoms with Gasteiger partial charge in [0.2, 0.25) is 5.89 Å². The molecule has 2 rings (SSSR count). The highest BCUT2D eigenvalue weighted by Gasteiger charge is 2.10. The monoisotopic (exact) mass is 435 g/mol. The van der Waals surface area contributed by atoms with Gasteiger partial charge in [-0.1, -0.05) is 35.0 Å². The average Bonchev–Trinajstić information content (AvgIpc) is 2.88. The maximum atomic E-state index is 6.17. The van der Waals surface area contributed by atoms with Crippen LogP contribution in [0.25, 0.3) is 0 Å². The van der Waals surface area contributed by atoms with Crippen LogP contribution in [0.15, 0.2) is 33.8 Å². The van der Waals surface area contributed by atoms with Crippen molar-refractivity contribution in [2.24, 2.45) is 4.99 Å². The van der Waals surface area contributed by atoms with E-state index >= 15 is 0 Å². The van der Waals surface area contributed by atoms with Crippen molar-refractivity contribution in [3.8, 4) is 0 Å². The summed E-state index contributed by atoms with van der Waals surface area (Å²) in [6, 6.07) is 7.75. The fraction of sp³-hybridized carbons (Fsp3) is 0.357. The van der Waals surface area contributed by atoms with Crippen molar-refractivity contribution >= 4 is 41.5 Å². The molecule has 0 spiro atoms. The van der Waals surface area contributed by atoms with Gasteiger partial charge in [-0.25, -0.2) is 0 Å². The number of nitrogens with one attached hydrogen (secondary N) is 1. The number of halogens is 2. The molecule has 1 N–H and O–H groups in total. The van der Waals surface area contributed by atoms with Crippen molar-refractivity contribution in [1.29, 1.82) is 0 Å². The lowest BCUT2D eigenvalue weighted by Gasteiger charge is -2.22. The van der Waals surface area contributed by atoms with Gasteiger partial charge in [-0.2, -0.15) is 4.98 Å². The lowest BCUT2D eigenvalue weighted by Crippen LogP contribution is -2.38. The Balaban J connectivity index is 0.00000242. The van der Waals surface area contributed by atoms with Gasteiger partial charge in [-0.3, -0.25) is 4.99 Å². The molecule has 8 heteroatoms. The van der Waals surface area contributed by atoms with Gasteiger partial charge in [0.25, 0.3) is 0 Å². The van der Waals surface area contributed by atoms with Crippen molar-refractivity contribution in [3.05, 3.63) is 46.6 Å². The van der Waals surface area contributed by atoms with Crippen molar-refractivity contribution in [2.75, 3.05) is 14.1 Å². The van der Waals surface area contributed by atoms with E-state index in [0.717, 1.165) is 16.5 Å². The third kappa shape index (κ3) is 5.13. The number of hydrogen-bond acceptors (Lipinski definition) is 4. The number of nitrogens with zero attached hydrogens (tertiary/aromatic N) is 4. The summed E-state index contributed by atoms with van der Waals surface area (Å²) in [5, 5.41) is 7.67. The van der Waals surface area contributed by atoms with Crippen molar-refractivity contribution in [3.63, 3.8) is 0 Å². The molecule has 0 amide bonds. The molecule has 120 valence electrons. The van der Waals surface area contributed by atoms with E-state index in [9.17, 15) is 0 Å². The summed E-state index contributed by atoms with van der Waals surface area (Å²) in [5.41, 5.74) is 1.04. The van der Waals surface area contributed by atoms with E-state index in [1.54, 1.807) is 14.0 Å². The third-order valence-corrected chi connectivity index (χ3v) is 3.27. The molecule has 0 bridgehead atoms. The minimum absolute atomic E-state index is 0. The summed E-state index contributed by atoms with van der Waals surface area (Å²) >= 11 is 6.17. The van der Waals surface area contributed by atoms with E-state index in [4.69, 9.17) is 16.1 Å². The molecule has 0 saturated carbocycles. The fourth-order valence-electron chi connectivity index (χ4n) is 1.91. The molecular formula is C14H19ClIN5O. The zero-order valence-electron chi connectivity index (χ0n) is 12.7. The van der Waals surface area contributed by atoms with Crippen molar-refractivity contribution in [1.82, 2.24) is 20.4 Å². The first-order valence-corrected chi connectivity index (χ1v) is 6.92. The van der Waals surface area contributed by atoms with Gasteiger partial charge in [-0.05, 0) is 18.6 Å². The van der Waals surface area contributed by atoms with Crippen LogP contribution in [0.5, 0.6) is 0 Å².